The van der Waals surface area contributed by atoms with E-state index in [9.17, 15) is 0 Å². The smallest absolute Gasteiger partial charge is 0.0960 e. The van der Waals surface area contributed by atoms with Crippen molar-refractivity contribution in [2.45, 2.75) is 57.9 Å². The molecule has 1 N–H and O–H groups in total. The van der Waals surface area contributed by atoms with Crippen LogP contribution < -0.4 is 0 Å². The summed E-state index contributed by atoms with van der Waals surface area (Å²) < 4.78 is 0. The van der Waals surface area contributed by atoms with Crippen LogP contribution in [0.2, 0.25) is 0 Å². The zero-order chi connectivity index (χ0) is 9.97. The summed E-state index contributed by atoms with van der Waals surface area (Å²) in [7, 11) is 0. The monoisotopic (exact) mass is 194 g/mol. The van der Waals surface area contributed by atoms with E-state index in [1.807, 2.05) is 0 Å². The fraction of sp³-hybridized carbons (Fsp3) is 0.917. The van der Waals surface area contributed by atoms with Crippen LogP contribution in [0, 0.1) is 11.3 Å². The van der Waals surface area contributed by atoms with Crippen LogP contribution in [-0.2, 0) is 0 Å². The predicted molar refractivity (Wildman–Crippen MR) is 59.7 cm³/mol. The van der Waals surface area contributed by atoms with Gasteiger partial charge in [-0.2, -0.15) is 0 Å². The minimum absolute atomic E-state index is 0.630. The summed E-state index contributed by atoms with van der Waals surface area (Å²) in [4.78, 5) is 2.34. The Hall–Kier alpha value is -0.530. The van der Waals surface area contributed by atoms with Gasteiger partial charge in [0.1, 0.15) is 0 Å². The van der Waals surface area contributed by atoms with Crippen molar-refractivity contribution in [3.63, 3.8) is 0 Å². The fourth-order valence-corrected chi connectivity index (χ4v) is 3.02. The second-order valence-corrected chi connectivity index (χ2v) is 4.88. The minimum Gasteiger partial charge on any atom is -0.358 e. The molecule has 1 saturated heterocycles. The van der Waals surface area contributed by atoms with Gasteiger partial charge in [0.15, 0.2) is 0 Å². The quantitative estimate of drug-likeness (QED) is 0.718. The lowest BCUT2D eigenvalue weighted by atomic mass is 9.84. The van der Waals surface area contributed by atoms with E-state index >= 15 is 0 Å². The van der Waals surface area contributed by atoms with Crippen LogP contribution >= 0.6 is 0 Å². The highest BCUT2D eigenvalue weighted by molar-refractivity contribution is 5.81. The highest BCUT2D eigenvalue weighted by atomic mass is 15.2. The van der Waals surface area contributed by atoms with Gasteiger partial charge in [0, 0.05) is 19.0 Å². The molecule has 0 radical (unpaired) electrons. The number of hydrogen-bond donors (Lipinski definition) is 1. The second kappa shape index (κ2) is 4.33. The summed E-state index contributed by atoms with van der Waals surface area (Å²) in [6, 6.07) is 0.630. The SMILES string of the molecule is CC(C1CCCCC1)N1CCCC1=N. The van der Waals surface area contributed by atoms with E-state index in [4.69, 9.17) is 5.41 Å². The summed E-state index contributed by atoms with van der Waals surface area (Å²) in [5, 5.41) is 7.88. The fourth-order valence-electron chi connectivity index (χ4n) is 3.02. The topological polar surface area (TPSA) is 27.1 Å². The van der Waals surface area contributed by atoms with Crippen molar-refractivity contribution < 1.29 is 0 Å². The molecule has 0 bridgehead atoms. The molecule has 0 spiro atoms. The van der Waals surface area contributed by atoms with Gasteiger partial charge >= 0.3 is 0 Å². The lowest BCUT2D eigenvalue weighted by Gasteiger charge is -2.35. The lowest BCUT2D eigenvalue weighted by molar-refractivity contribution is 0.206. The molecule has 14 heavy (non-hydrogen) atoms. The van der Waals surface area contributed by atoms with Crippen LogP contribution in [0.5, 0.6) is 0 Å². The molecule has 1 aliphatic carbocycles. The van der Waals surface area contributed by atoms with Gasteiger partial charge in [-0.25, -0.2) is 0 Å². The molecule has 1 unspecified atom stereocenters. The average molecular weight is 194 g/mol. The van der Waals surface area contributed by atoms with Crippen LogP contribution in [0.25, 0.3) is 0 Å². The van der Waals surface area contributed by atoms with E-state index in [2.05, 4.69) is 11.8 Å². The number of amidine groups is 1. The van der Waals surface area contributed by atoms with Crippen molar-refractivity contribution in [2.24, 2.45) is 5.92 Å². The Morgan fingerprint density at radius 3 is 2.50 bits per heavy atom. The lowest BCUT2D eigenvalue weighted by Crippen LogP contribution is -2.39. The predicted octanol–water partition coefficient (Wildman–Crippen LogP) is 3.03. The maximum atomic E-state index is 7.88. The molecule has 80 valence electrons. The summed E-state index contributed by atoms with van der Waals surface area (Å²) in [6.07, 6.45) is 9.26. The maximum absolute atomic E-state index is 7.88. The highest BCUT2D eigenvalue weighted by Crippen LogP contribution is 2.30. The van der Waals surface area contributed by atoms with Crippen molar-refractivity contribution in [3.05, 3.63) is 0 Å². The Morgan fingerprint density at radius 2 is 1.93 bits per heavy atom. The molecule has 1 atom stereocenters. The van der Waals surface area contributed by atoms with Gasteiger partial charge in [-0.15, -0.1) is 0 Å². The van der Waals surface area contributed by atoms with E-state index in [1.54, 1.807) is 0 Å². The standard InChI is InChI=1S/C12H22N2/c1-10(11-6-3-2-4-7-11)14-9-5-8-12(14)13/h10-11,13H,2-9H2,1H3. The first-order chi connectivity index (χ1) is 6.79. The maximum Gasteiger partial charge on any atom is 0.0960 e. The summed E-state index contributed by atoms with van der Waals surface area (Å²) >= 11 is 0. The third kappa shape index (κ3) is 1.94. The molecule has 1 aliphatic heterocycles. The first-order valence-corrected chi connectivity index (χ1v) is 6.13. The largest absolute Gasteiger partial charge is 0.358 e. The molecule has 0 aromatic heterocycles. The van der Waals surface area contributed by atoms with E-state index in [1.165, 1.54) is 38.5 Å². The van der Waals surface area contributed by atoms with Crippen LogP contribution in [0.3, 0.4) is 0 Å². The number of likely N-dealkylation sites (tertiary alicyclic amines) is 1. The molecule has 2 nitrogen and oxygen atoms in total. The molecule has 0 aromatic carbocycles. The summed E-state index contributed by atoms with van der Waals surface area (Å²) in [5.74, 6) is 1.75. The molecule has 2 rings (SSSR count). The average Bonchev–Trinajstić information content (AvgIpc) is 2.65. The van der Waals surface area contributed by atoms with E-state index < -0.39 is 0 Å². The first kappa shape index (κ1) is 10.0. The highest BCUT2D eigenvalue weighted by Gasteiger charge is 2.28. The van der Waals surface area contributed by atoms with Gasteiger partial charge in [-0.05, 0) is 32.1 Å². The first-order valence-electron chi connectivity index (χ1n) is 6.13. The van der Waals surface area contributed by atoms with Crippen molar-refractivity contribution in [3.8, 4) is 0 Å². The Bertz CT molecular complexity index is 206. The van der Waals surface area contributed by atoms with Gasteiger partial charge in [0.25, 0.3) is 0 Å². The van der Waals surface area contributed by atoms with Crippen LogP contribution in [0.1, 0.15) is 51.9 Å². The zero-order valence-corrected chi connectivity index (χ0v) is 9.26. The van der Waals surface area contributed by atoms with Gasteiger partial charge in [0.05, 0.1) is 5.84 Å². The van der Waals surface area contributed by atoms with E-state index in [0.717, 1.165) is 24.7 Å². The number of hydrogen-bond acceptors (Lipinski definition) is 1. The van der Waals surface area contributed by atoms with Crippen LogP contribution in [0.4, 0.5) is 0 Å². The summed E-state index contributed by atoms with van der Waals surface area (Å²) in [5.41, 5.74) is 0. The molecule has 2 fully saturated rings. The van der Waals surface area contributed by atoms with Crippen LogP contribution in [-0.4, -0.2) is 23.3 Å². The number of rotatable bonds is 2. The number of nitrogens with zero attached hydrogens (tertiary/aromatic N) is 1. The third-order valence-corrected chi connectivity index (χ3v) is 3.98. The second-order valence-electron chi connectivity index (χ2n) is 4.88. The molecular weight excluding hydrogens is 172 g/mol. The Kier molecular flexibility index (Phi) is 3.09. The van der Waals surface area contributed by atoms with Crippen molar-refractivity contribution in [1.29, 1.82) is 5.41 Å². The molecule has 0 amide bonds. The van der Waals surface area contributed by atoms with Crippen molar-refractivity contribution >= 4 is 5.84 Å². The van der Waals surface area contributed by atoms with Gasteiger partial charge in [0.2, 0.25) is 0 Å². The van der Waals surface area contributed by atoms with Gasteiger partial charge in [-0.1, -0.05) is 19.3 Å². The van der Waals surface area contributed by atoms with E-state index in [0.29, 0.717) is 6.04 Å². The van der Waals surface area contributed by atoms with Crippen molar-refractivity contribution in [1.82, 2.24) is 4.90 Å². The Morgan fingerprint density at radius 1 is 1.21 bits per heavy atom. The number of nitrogens with one attached hydrogen (secondary N) is 1. The molecule has 2 heteroatoms. The van der Waals surface area contributed by atoms with Crippen LogP contribution in [0.15, 0.2) is 0 Å². The van der Waals surface area contributed by atoms with Gasteiger partial charge in [-0.3, -0.25) is 5.41 Å². The Balaban J connectivity index is 1.92. The van der Waals surface area contributed by atoms with E-state index in [-0.39, 0.29) is 0 Å². The minimum atomic E-state index is 0.630. The summed E-state index contributed by atoms with van der Waals surface area (Å²) in [6.45, 7) is 3.46. The van der Waals surface area contributed by atoms with Gasteiger partial charge < -0.3 is 4.90 Å². The Labute approximate surface area is 87.2 Å². The third-order valence-electron chi connectivity index (χ3n) is 3.98. The zero-order valence-electron chi connectivity index (χ0n) is 9.26. The molecule has 1 saturated carbocycles. The molecular formula is C12H22N2. The molecule has 1 heterocycles. The normalized spacial score (nSPS) is 26.9. The molecule has 0 aromatic rings. The van der Waals surface area contributed by atoms with Crippen molar-refractivity contribution in [2.75, 3.05) is 6.54 Å². The molecule has 2 aliphatic rings.